The zero-order chi connectivity index (χ0) is 23.2. The molecule has 0 bridgehead atoms. The number of halogens is 1. The fourth-order valence-electron chi connectivity index (χ4n) is 4.08. The quantitative estimate of drug-likeness (QED) is 0.605. The molecule has 170 valence electrons. The maximum atomic E-state index is 13.1. The van der Waals surface area contributed by atoms with Crippen molar-refractivity contribution in [2.24, 2.45) is 0 Å². The van der Waals surface area contributed by atoms with Crippen LogP contribution in [0.2, 0.25) is 5.02 Å². The number of piperazine rings is 1. The number of sulfonamides is 1. The molecule has 0 unspecified atom stereocenters. The van der Waals surface area contributed by atoms with Crippen molar-refractivity contribution in [2.45, 2.75) is 11.3 Å². The smallest absolute Gasteiger partial charge is 0.292 e. The van der Waals surface area contributed by atoms with Gasteiger partial charge in [-0.1, -0.05) is 29.8 Å². The van der Waals surface area contributed by atoms with Crippen LogP contribution in [0.4, 0.5) is 11.4 Å². The molecule has 0 atom stereocenters. The molecule has 5 rings (SSSR count). The number of nitrogens with zero attached hydrogens (tertiary/aromatic N) is 4. The largest absolute Gasteiger partial charge is 0.366 e. The Balaban J connectivity index is 1.33. The van der Waals surface area contributed by atoms with Crippen molar-refractivity contribution >= 4 is 38.9 Å². The normalized spacial score (nSPS) is 16.5. The van der Waals surface area contributed by atoms with Crippen molar-refractivity contribution in [3.63, 3.8) is 0 Å². The lowest BCUT2D eigenvalue weighted by Gasteiger charge is -2.35. The lowest BCUT2D eigenvalue weighted by atomic mass is 10.2. The third-order valence-corrected chi connectivity index (χ3v) is 8.07. The van der Waals surface area contributed by atoms with Gasteiger partial charge in [0.05, 0.1) is 28.9 Å². The first-order valence-electron chi connectivity index (χ1n) is 10.4. The number of nitrogens with one attached hydrogen (secondary N) is 1. The number of fused-ring (bicyclic) bond motifs is 1. The third kappa shape index (κ3) is 3.90. The van der Waals surface area contributed by atoms with Crippen molar-refractivity contribution in [1.29, 1.82) is 0 Å². The molecule has 0 saturated carbocycles. The summed E-state index contributed by atoms with van der Waals surface area (Å²) in [5, 5.41) is 7.00. The highest BCUT2D eigenvalue weighted by Crippen LogP contribution is 2.29. The first kappa shape index (κ1) is 21.6. The van der Waals surface area contributed by atoms with Gasteiger partial charge < -0.3 is 10.2 Å². The summed E-state index contributed by atoms with van der Waals surface area (Å²) in [6, 6.07) is 13.7. The number of rotatable bonds is 4. The van der Waals surface area contributed by atoms with E-state index in [2.05, 4.69) is 10.4 Å². The van der Waals surface area contributed by atoms with Crippen molar-refractivity contribution in [3.05, 3.63) is 75.7 Å². The number of anilines is 2. The Hall–Kier alpha value is -3.21. The summed E-state index contributed by atoms with van der Waals surface area (Å²) < 4.78 is 28.9. The molecule has 0 spiro atoms. The Bertz CT molecular complexity index is 1400. The summed E-state index contributed by atoms with van der Waals surface area (Å²) in [6.45, 7) is 1.18. The predicted molar refractivity (Wildman–Crippen MR) is 125 cm³/mol. The van der Waals surface area contributed by atoms with Crippen molar-refractivity contribution < 1.29 is 13.2 Å². The van der Waals surface area contributed by atoms with E-state index in [9.17, 15) is 18.0 Å². The summed E-state index contributed by atoms with van der Waals surface area (Å²) >= 11 is 6.39. The van der Waals surface area contributed by atoms with E-state index in [0.717, 1.165) is 0 Å². The number of carbonyl (C=O) groups is 1. The average Bonchev–Trinajstić information content (AvgIpc) is 3.21. The fraction of sp³-hybridized carbons (Fsp3) is 0.227. The molecule has 0 radical (unpaired) electrons. The molecule has 0 aliphatic carbocycles. The van der Waals surface area contributed by atoms with E-state index in [-0.39, 0.29) is 35.3 Å². The lowest BCUT2D eigenvalue weighted by molar-refractivity contribution is -0.115. The first-order valence-corrected chi connectivity index (χ1v) is 12.2. The number of amides is 1. The second-order valence-electron chi connectivity index (χ2n) is 7.83. The second kappa shape index (κ2) is 8.29. The highest BCUT2D eigenvalue weighted by atomic mass is 35.5. The molecule has 1 fully saturated rings. The van der Waals surface area contributed by atoms with Crippen LogP contribution < -0.4 is 15.8 Å². The highest BCUT2D eigenvalue weighted by Gasteiger charge is 2.31. The standard InChI is InChI=1S/C22H20ClN5O4S/c23-21-19(14-24-28(22(21)30)16-4-2-1-3-5-16)26-8-10-27(11-9-26)33(31,32)17-6-7-18-15(12-17)13-20(29)25-18/h1-7,12,14H,8-11,13H2,(H,25,29). The van der Waals surface area contributed by atoms with E-state index < -0.39 is 15.6 Å². The van der Waals surface area contributed by atoms with E-state index in [4.69, 9.17) is 11.6 Å². The molecule has 3 heterocycles. The minimum Gasteiger partial charge on any atom is -0.366 e. The molecule has 2 aliphatic heterocycles. The number of para-hydroxylation sites is 1. The van der Waals surface area contributed by atoms with E-state index in [1.54, 1.807) is 36.4 Å². The van der Waals surface area contributed by atoms with E-state index in [1.165, 1.54) is 21.3 Å². The molecule has 2 aromatic carbocycles. The van der Waals surface area contributed by atoms with Crippen molar-refractivity contribution in [3.8, 4) is 5.69 Å². The third-order valence-electron chi connectivity index (χ3n) is 5.82. The summed E-state index contributed by atoms with van der Waals surface area (Å²) in [6.07, 6.45) is 1.71. The van der Waals surface area contributed by atoms with Crippen LogP contribution in [-0.2, 0) is 21.2 Å². The van der Waals surface area contributed by atoms with E-state index in [1.807, 2.05) is 11.0 Å². The zero-order valence-electron chi connectivity index (χ0n) is 17.4. The molecule has 1 aromatic heterocycles. The predicted octanol–water partition coefficient (Wildman–Crippen LogP) is 1.89. The van der Waals surface area contributed by atoms with Crippen LogP contribution in [0.25, 0.3) is 5.69 Å². The number of hydrogen-bond donors (Lipinski definition) is 1. The van der Waals surface area contributed by atoms with Crippen LogP contribution in [0, 0.1) is 0 Å². The summed E-state index contributed by atoms with van der Waals surface area (Å²) in [5.41, 5.74) is 1.98. The maximum absolute atomic E-state index is 13.1. The minimum atomic E-state index is -3.71. The average molecular weight is 486 g/mol. The molecule has 1 N–H and O–H groups in total. The molecule has 2 aliphatic rings. The van der Waals surface area contributed by atoms with Crippen LogP contribution in [0.15, 0.2) is 64.4 Å². The lowest BCUT2D eigenvalue weighted by Crippen LogP contribution is -2.49. The van der Waals surface area contributed by atoms with Gasteiger partial charge in [-0.3, -0.25) is 9.59 Å². The molecular formula is C22H20ClN5O4S. The number of benzene rings is 2. The molecule has 1 saturated heterocycles. The van der Waals surface area contributed by atoms with Gasteiger partial charge in [0.25, 0.3) is 5.56 Å². The molecule has 9 nitrogen and oxygen atoms in total. The van der Waals surface area contributed by atoms with Gasteiger partial charge >= 0.3 is 0 Å². The van der Waals surface area contributed by atoms with Gasteiger partial charge in [-0.15, -0.1) is 0 Å². The van der Waals surface area contributed by atoms with Crippen LogP contribution in [0.3, 0.4) is 0 Å². The molecule has 11 heteroatoms. The summed E-state index contributed by atoms with van der Waals surface area (Å²) in [5.74, 6) is -0.146. The summed E-state index contributed by atoms with van der Waals surface area (Å²) in [4.78, 5) is 26.4. The Morgan fingerprint density at radius 1 is 0.970 bits per heavy atom. The monoisotopic (exact) mass is 485 g/mol. The minimum absolute atomic E-state index is 0.0425. The van der Waals surface area contributed by atoms with Crippen LogP contribution in [0.5, 0.6) is 0 Å². The van der Waals surface area contributed by atoms with Crippen LogP contribution >= 0.6 is 11.6 Å². The Kier molecular flexibility index (Phi) is 5.43. The van der Waals surface area contributed by atoms with Crippen molar-refractivity contribution in [1.82, 2.24) is 14.1 Å². The molecule has 33 heavy (non-hydrogen) atoms. The Labute approximate surface area is 195 Å². The number of aromatic nitrogens is 2. The van der Waals surface area contributed by atoms with Gasteiger partial charge in [0.15, 0.2) is 0 Å². The van der Waals surface area contributed by atoms with Crippen molar-refractivity contribution in [2.75, 3.05) is 36.4 Å². The second-order valence-corrected chi connectivity index (χ2v) is 10.1. The molecular weight excluding hydrogens is 466 g/mol. The van der Waals surface area contributed by atoms with Gasteiger partial charge in [-0.05, 0) is 35.9 Å². The Morgan fingerprint density at radius 3 is 2.42 bits per heavy atom. The molecule has 1 amide bonds. The molecule has 3 aromatic rings. The van der Waals surface area contributed by atoms with E-state index >= 15 is 0 Å². The SMILES string of the molecule is O=C1Cc2cc(S(=O)(=O)N3CCN(c4cnn(-c5ccccc5)c(=O)c4Cl)CC3)ccc2N1. The van der Waals surface area contributed by atoms with Gasteiger partial charge in [-0.2, -0.15) is 14.1 Å². The number of hydrogen-bond acceptors (Lipinski definition) is 6. The van der Waals surface area contributed by atoms with Gasteiger partial charge in [-0.25, -0.2) is 8.42 Å². The van der Waals surface area contributed by atoms with Crippen LogP contribution in [-0.4, -0.2) is 54.6 Å². The van der Waals surface area contributed by atoms with Gasteiger partial charge in [0, 0.05) is 31.9 Å². The Morgan fingerprint density at radius 2 is 1.70 bits per heavy atom. The van der Waals surface area contributed by atoms with E-state index in [0.29, 0.717) is 35.7 Å². The number of carbonyl (C=O) groups excluding carboxylic acids is 1. The fourth-order valence-corrected chi connectivity index (χ4v) is 5.80. The topological polar surface area (TPSA) is 105 Å². The first-order chi connectivity index (χ1) is 15.8. The van der Waals surface area contributed by atoms with Crippen LogP contribution in [0.1, 0.15) is 5.56 Å². The van der Waals surface area contributed by atoms with Gasteiger partial charge in [0.1, 0.15) is 5.02 Å². The zero-order valence-corrected chi connectivity index (χ0v) is 19.0. The maximum Gasteiger partial charge on any atom is 0.292 e. The summed E-state index contributed by atoms with van der Waals surface area (Å²) in [7, 11) is -3.71. The highest BCUT2D eigenvalue weighted by molar-refractivity contribution is 7.89. The van der Waals surface area contributed by atoms with Gasteiger partial charge in [0.2, 0.25) is 15.9 Å².